The second kappa shape index (κ2) is 8.20. The number of hydrogen-bond donors (Lipinski definition) is 2. The van der Waals surface area contributed by atoms with Gasteiger partial charge in [-0.25, -0.2) is 18.6 Å². The first-order chi connectivity index (χ1) is 15.3. The molecule has 0 saturated carbocycles. The van der Waals surface area contributed by atoms with E-state index in [1.807, 2.05) is 6.07 Å². The third kappa shape index (κ3) is 3.48. The van der Waals surface area contributed by atoms with E-state index in [1.54, 1.807) is 29.7 Å². The Morgan fingerprint density at radius 3 is 2.84 bits per heavy atom. The largest absolute Gasteiger partial charge is 0.491 e. The van der Waals surface area contributed by atoms with E-state index in [1.165, 1.54) is 5.94 Å². The lowest BCUT2D eigenvalue weighted by Gasteiger charge is -2.20. The van der Waals surface area contributed by atoms with Gasteiger partial charge in [-0.3, -0.25) is 9.69 Å². The van der Waals surface area contributed by atoms with Crippen LogP contribution in [0.1, 0.15) is 12.6 Å². The number of ether oxygens (including phenoxy) is 2. The molecular formula is C20H18F2N6O4. The van der Waals surface area contributed by atoms with E-state index in [0.29, 0.717) is 22.8 Å². The number of alkyl halides is 2. The number of carbonyl (C=O) groups is 1. The van der Waals surface area contributed by atoms with Crippen molar-refractivity contribution in [3.8, 4) is 23.2 Å². The van der Waals surface area contributed by atoms with Crippen molar-refractivity contribution in [3.05, 3.63) is 29.8 Å². The number of amides is 1. The first kappa shape index (κ1) is 21.1. The number of primary amides is 1. The molecule has 1 saturated heterocycles. The molecule has 0 spiro atoms. The summed E-state index contributed by atoms with van der Waals surface area (Å²) in [5.74, 6) is 1.14. The van der Waals surface area contributed by atoms with Gasteiger partial charge in [0.25, 0.3) is 12.3 Å². The van der Waals surface area contributed by atoms with Crippen LogP contribution in [0.2, 0.25) is 0 Å². The second-order valence-corrected chi connectivity index (χ2v) is 7.19. The number of fused-ring (bicyclic) bond motifs is 3. The summed E-state index contributed by atoms with van der Waals surface area (Å²) in [5, 5.41) is 12.7. The number of nitriles is 1. The molecule has 0 unspecified atom stereocenters. The second-order valence-electron chi connectivity index (χ2n) is 7.19. The molecule has 2 aromatic rings. The minimum Gasteiger partial charge on any atom is -0.491 e. The van der Waals surface area contributed by atoms with Gasteiger partial charge in [-0.2, -0.15) is 5.26 Å². The Hall–Kier alpha value is -4.10. The van der Waals surface area contributed by atoms with E-state index in [9.17, 15) is 23.6 Å². The number of benzene rings is 1. The summed E-state index contributed by atoms with van der Waals surface area (Å²) in [7, 11) is 0. The van der Waals surface area contributed by atoms with Gasteiger partial charge in [-0.1, -0.05) is 0 Å². The average molecular weight is 444 g/mol. The number of aromatic nitrogens is 2. The lowest BCUT2D eigenvalue weighted by molar-refractivity contribution is -0.118. The number of halogens is 2. The van der Waals surface area contributed by atoms with Crippen molar-refractivity contribution < 1.29 is 27.8 Å². The van der Waals surface area contributed by atoms with Gasteiger partial charge in [0.1, 0.15) is 42.9 Å². The highest BCUT2D eigenvalue weighted by atomic mass is 19.3. The summed E-state index contributed by atoms with van der Waals surface area (Å²) in [6, 6.07) is 4.89. The van der Waals surface area contributed by atoms with Crippen molar-refractivity contribution in [2.75, 3.05) is 23.4 Å². The first-order valence-corrected chi connectivity index (χ1v) is 9.64. The van der Waals surface area contributed by atoms with E-state index in [2.05, 4.69) is 10.3 Å². The molecule has 1 amide bonds. The highest BCUT2D eigenvalue weighted by molar-refractivity contribution is 5.83. The van der Waals surface area contributed by atoms with Gasteiger partial charge in [-0.15, -0.1) is 0 Å². The molecule has 0 bridgehead atoms. The fourth-order valence-electron chi connectivity index (χ4n) is 3.60. The zero-order chi connectivity index (χ0) is 23.0. The molecule has 1 aromatic carbocycles. The zero-order valence-electron chi connectivity index (χ0n) is 16.8. The number of anilines is 2. The quantitative estimate of drug-likeness (QED) is 0.658. The molecule has 2 atom stereocenters. The average Bonchev–Trinajstić information content (AvgIpc) is 3.30. The Labute approximate surface area is 180 Å². The lowest BCUT2D eigenvalue weighted by atomic mass is 10.1. The van der Waals surface area contributed by atoms with Crippen LogP contribution in [0.25, 0.3) is 11.4 Å². The van der Waals surface area contributed by atoms with E-state index in [0.717, 1.165) is 4.90 Å². The molecule has 2 aliphatic heterocycles. The molecule has 12 heteroatoms. The molecule has 4 rings (SSSR count). The Kier molecular flexibility index (Phi) is 5.42. The summed E-state index contributed by atoms with van der Waals surface area (Å²) in [6.45, 7) is 1.57. The Morgan fingerprint density at radius 1 is 1.41 bits per heavy atom. The van der Waals surface area contributed by atoms with Gasteiger partial charge in [0.2, 0.25) is 5.91 Å². The van der Waals surface area contributed by atoms with Gasteiger partial charge in [-0.05, 0) is 19.1 Å². The smallest absolute Gasteiger partial charge is 0.284 e. The monoisotopic (exact) mass is 444 g/mol. The minimum absolute atomic E-state index is 0.00935. The van der Waals surface area contributed by atoms with Crippen LogP contribution in [0.4, 0.5) is 20.3 Å². The SMILES string of the molecule is C[C@H](Nc1ccc2c(c1)OCCn1c-2nc(N2C(=C=O)OC[C@H]2C(F)F)c1C#N)C(N)=O. The van der Waals surface area contributed by atoms with Crippen LogP contribution in [-0.2, 0) is 20.9 Å². The van der Waals surface area contributed by atoms with Gasteiger partial charge >= 0.3 is 0 Å². The molecular weight excluding hydrogens is 426 g/mol. The predicted octanol–water partition coefficient (Wildman–Crippen LogP) is 1.24. The highest BCUT2D eigenvalue weighted by Gasteiger charge is 2.42. The summed E-state index contributed by atoms with van der Waals surface area (Å²) in [4.78, 5) is 28.0. The van der Waals surface area contributed by atoms with Crippen molar-refractivity contribution >= 4 is 23.4 Å². The molecule has 0 radical (unpaired) electrons. The molecule has 2 aliphatic rings. The third-order valence-electron chi connectivity index (χ3n) is 5.21. The number of hydrogen-bond acceptors (Lipinski definition) is 8. The Morgan fingerprint density at radius 2 is 2.19 bits per heavy atom. The molecule has 32 heavy (non-hydrogen) atoms. The standard InChI is InChI=1S/C20H18F2N6O4/c1-10(18(24)30)25-11-2-3-12-15(6-11)31-5-4-27-13(7-23)20(26-19(12)27)28-14(17(21)22)9-32-16(28)8-29/h2-3,6,10,14,17,25H,4-5,9H2,1H3,(H2,24,30)/t10-,14-/m0/s1. The van der Waals surface area contributed by atoms with Crippen molar-refractivity contribution in [1.29, 1.82) is 5.26 Å². The summed E-state index contributed by atoms with van der Waals surface area (Å²) < 4.78 is 39.5. The normalized spacial score (nSPS) is 17.9. The zero-order valence-corrected chi connectivity index (χ0v) is 16.8. The third-order valence-corrected chi connectivity index (χ3v) is 5.21. The fourth-order valence-corrected chi connectivity index (χ4v) is 3.60. The molecule has 166 valence electrons. The number of rotatable bonds is 5. The number of nitrogens with two attached hydrogens (primary N) is 1. The number of carbonyl (C=O) groups excluding carboxylic acids is 2. The van der Waals surface area contributed by atoms with Crippen LogP contribution in [0, 0.1) is 11.3 Å². The van der Waals surface area contributed by atoms with Crippen LogP contribution >= 0.6 is 0 Å². The molecule has 1 aromatic heterocycles. The molecule has 3 heterocycles. The van der Waals surface area contributed by atoms with Crippen LogP contribution in [0.3, 0.4) is 0 Å². The molecule has 10 nitrogen and oxygen atoms in total. The summed E-state index contributed by atoms with van der Waals surface area (Å²) in [6.07, 6.45) is -2.84. The van der Waals surface area contributed by atoms with E-state index >= 15 is 0 Å². The minimum atomic E-state index is -2.84. The highest BCUT2D eigenvalue weighted by Crippen LogP contribution is 2.39. The van der Waals surface area contributed by atoms with E-state index in [4.69, 9.17) is 15.2 Å². The lowest BCUT2D eigenvalue weighted by Crippen LogP contribution is -2.36. The van der Waals surface area contributed by atoms with E-state index < -0.39 is 36.9 Å². The number of nitrogens with zero attached hydrogens (tertiary/aromatic N) is 4. The fraction of sp³-hybridized carbons (Fsp3) is 0.350. The van der Waals surface area contributed by atoms with Crippen molar-refractivity contribution in [3.63, 3.8) is 0 Å². The number of nitrogens with one attached hydrogen (secondary N) is 1. The van der Waals surface area contributed by atoms with Crippen molar-refractivity contribution in [2.24, 2.45) is 5.73 Å². The van der Waals surface area contributed by atoms with Gasteiger partial charge in [0.05, 0.1) is 12.1 Å². The molecule has 0 aliphatic carbocycles. The Bertz CT molecular complexity index is 1170. The Balaban J connectivity index is 1.81. The van der Waals surface area contributed by atoms with Crippen LogP contribution < -0.4 is 20.7 Å². The maximum atomic E-state index is 13.6. The van der Waals surface area contributed by atoms with E-state index in [-0.39, 0.29) is 24.7 Å². The van der Waals surface area contributed by atoms with Crippen LogP contribution in [0.15, 0.2) is 24.1 Å². The van der Waals surface area contributed by atoms with Gasteiger partial charge in [0.15, 0.2) is 17.5 Å². The van der Waals surface area contributed by atoms with Crippen LogP contribution in [-0.4, -0.2) is 53.1 Å². The van der Waals surface area contributed by atoms with Crippen molar-refractivity contribution in [2.45, 2.75) is 32.0 Å². The predicted molar refractivity (Wildman–Crippen MR) is 108 cm³/mol. The topological polar surface area (TPSA) is 136 Å². The first-order valence-electron chi connectivity index (χ1n) is 9.64. The van der Waals surface area contributed by atoms with Crippen LogP contribution in [0.5, 0.6) is 5.75 Å². The molecule has 1 fully saturated rings. The van der Waals surface area contributed by atoms with Gasteiger partial charge in [0, 0.05) is 11.8 Å². The summed E-state index contributed by atoms with van der Waals surface area (Å²) >= 11 is 0. The number of imidazole rings is 1. The molecule has 3 N–H and O–H groups in total. The maximum absolute atomic E-state index is 13.6. The van der Waals surface area contributed by atoms with Gasteiger partial charge < -0.3 is 25.1 Å². The maximum Gasteiger partial charge on any atom is 0.284 e. The van der Waals surface area contributed by atoms with Crippen molar-refractivity contribution in [1.82, 2.24) is 9.55 Å². The summed E-state index contributed by atoms with van der Waals surface area (Å²) in [5.41, 5.74) is 6.36.